The summed E-state index contributed by atoms with van der Waals surface area (Å²) < 4.78 is 1.21. The fraction of sp³-hybridized carbons (Fsp3) is 0.333. The topological polar surface area (TPSA) is 0 Å². The molecule has 2 aromatic rings. The molecule has 18 heavy (non-hydrogen) atoms. The van der Waals surface area contributed by atoms with E-state index in [1.165, 1.54) is 19.8 Å². The normalized spacial score (nSPS) is 14.4. The van der Waals surface area contributed by atoms with E-state index in [-0.39, 0.29) is 0 Å². The van der Waals surface area contributed by atoms with Crippen LogP contribution in [0.15, 0.2) is 40.2 Å². The minimum absolute atomic E-state index is 0.382. The summed E-state index contributed by atoms with van der Waals surface area (Å²) >= 11 is 9.28. The van der Waals surface area contributed by atoms with Crippen molar-refractivity contribution in [2.24, 2.45) is 0 Å². The van der Waals surface area contributed by atoms with Crippen LogP contribution in [0.5, 0.6) is 0 Å². The van der Waals surface area contributed by atoms with Gasteiger partial charge >= 0.3 is 0 Å². The van der Waals surface area contributed by atoms with E-state index in [0.29, 0.717) is 10.7 Å². The first-order valence-electron chi connectivity index (χ1n) is 6.08. The summed E-state index contributed by atoms with van der Waals surface area (Å²) in [5, 5.41) is 0. The van der Waals surface area contributed by atoms with Crippen molar-refractivity contribution >= 4 is 43.2 Å². The molecule has 2 rings (SSSR count). The molecule has 1 aromatic heterocycles. The average molecular weight is 388 g/mol. The molecule has 1 aromatic carbocycles. The third-order valence-electron chi connectivity index (χ3n) is 3.24. The van der Waals surface area contributed by atoms with Gasteiger partial charge in [0.1, 0.15) is 0 Å². The molecule has 2 unspecified atom stereocenters. The molecule has 0 fully saturated rings. The molecule has 0 saturated carbocycles. The molecule has 0 aliphatic rings. The van der Waals surface area contributed by atoms with Gasteiger partial charge in [-0.05, 0) is 46.5 Å². The van der Waals surface area contributed by atoms with Crippen LogP contribution in [0.4, 0.5) is 0 Å². The van der Waals surface area contributed by atoms with Gasteiger partial charge in [0, 0.05) is 15.6 Å². The molecule has 0 bridgehead atoms. The van der Waals surface area contributed by atoms with Crippen molar-refractivity contribution in [1.29, 1.82) is 0 Å². The van der Waals surface area contributed by atoms with Gasteiger partial charge in [-0.1, -0.05) is 53.2 Å². The van der Waals surface area contributed by atoms with Gasteiger partial charge in [-0.25, -0.2) is 0 Å². The Morgan fingerprint density at radius 2 is 1.89 bits per heavy atom. The lowest BCUT2D eigenvalue weighted by Gasteiger charge is -2.22. The lowest BCUT2D eigenvalue weighted by molar-refractivity contribution is 0.654. The second-order valence-electron chi connectivity index (χ2n) is 4.39. The predicted molar refractivity (Wildman–Crippen MR) is 87.9 cm³/mol. The van der Waals surface area contributed by atoms with E-state index in [2.05, 4.69) is 82.1 Å². The zero-order valence-electron chi connectivity index (χ0n) is 10.5. The zero-order chi connectivity index (χ0) is 13.1. The molecule has 1 heterocycles. The maximum absolute atomic E-state index is 3.90. The van der Waals surface area contributed by atoms with Gasteiger partial charge in [0.2, 0.25) is 0 Å². The van der Waals surface area contributed by atoms with Gasteiger partial charge in [-0.15, -0.1) is 11.3 Å². The van der Waals surface area contributed by atoms with Gasteiger partial charge < -0.3 is 0 Å². The van der Waals surface area contributed by atoms with Crippen LogP contribution in [-0.2, 0) is 0 Å². The molecular formula is C15H16Br2S. The highest BCUT2D eigenvalue weighted by Gasteiger charge is 2.23. The highest BCUT2D eigenvalue weighted by atomic mass is 79.9. The summed E-state index contributed by atoms with van der Waals surface area (Å²) in [6.07, 6.45) is 1.13. The SMILES string of the molecule is CCC(c1ccccc1)C(Br)c1cc(Br)sc1C. The molecule has 0 saturated heterocycles. The number of halogens is 2. The Kier molecular flexibility index (Phi) is 5.05. The molecule has 0 nitrogen and oxygen atoms in total. The smallest absolute Gasteiger partial charge is 0.0704 e. The number of alkyl halides is 1. The van der Waals surface area contributed by atoms with E-state index in [4.69, 9.17) is 0 Å². The summed E-state index contributed by atoms with van der Waals surface area (Å²) in [6.45, 7) is 4.44. The molecule has 96 valence electrons. The summed E-state index contributed by atoms with van der Waals surface area (Å²) in [5.74, 6) is 0.520. The van der Waals surface area contributed by atoms with Crippen LogP contribution in [0.1, 0.15) is 40.1 Å². The van der Waals surface area contributed by atoms with E-state index in [9.17, 15) is 0 Å². The standard InChI is InChI=1S/C15H16Br2S/c1-3-12(11-7-5-4-6-8-11)15(17)13-9-14(16)18-10(13)2/h4-9,12,15H,3H2,1-2H3. The molecule has 0 aliphatic carbocycles. The minimum atomic E-state index is 0.382. The highest BCUT2D eigenvalue weighted by Crippen LogP contribution is 2.44. The van der Waals surface area contributed by atoms with E-state index < -0.39 is 0 Å². The summed E-state index contributed by atoms with van der Waals surface area (Å²) in [6, 6.07) is 13.0. The van der Waals surface area contributed by atoms with Crippen LogP contribution in [0.2, 0.25) is 0 Å². The third kappa shape index (κ3) is 3.06. The first-order valence-corrected chi connectivity index (χ1v) is 8.60. The number of hydrogen-bond acceptors (Lipinski definition) is 1. The molecule has 0 spiro atoms. The Hall–Kier alpha value is -0.120. The molecular weight excluding hydrogens is 372 g/mol. The Bertz CT molecular complexity index is 504. The Balaban J connectivity index is 2.31. The van der Waals surface area contributed by atoms with E-state index in [0.717, 1.165) is 6.42 Å². The Labute approximate surface area is 130 Å². The van der Waals surface area contributed by atoms with Gasteiger partial charge in [0.15, 0.2) is 0 Å². The van der Waals surface area contributed by atoms with E-state index in [1.54, 1.807) is 0 Å². The Morgan fingerprint density at radius 3 is 2.39 bits per heavy atom. The van der Waals surface area contributed by atoms with Gasteiger partial charge in [-0.3, -0.25) is 0 Å². The maximum Gasteiger partial charge on any atom is 0.0704 e. The molecule has 0 radical (unpaired) electrons. The van der Waals surface area contributed by atoms with Crippen molar-refractivity contribution in [1.82, 2.24) is 0 Å². The second kappa shape index (κ2) is 6.36. The van der Waals surface area contributed by atoms with Gasteiger partial charge in [-0.2, -0.15) is 0 Å². The summed E-state index contributed by atoms with van der Waals surface area (Å²) in [7, 11) is 0. The van der Waals surface area contributed by atoms with Crippen molar-refractivity contribution in [3.8, 4) is 0 Å². The van der Waals surface area contributed by atoms with Crippen molar-refractivity contribution in [2.75, 3.05) is 0 Å². The predicted octanol–water partition coefficient (Wildman–Crippen LogP) is 6.45. The number of benzene rings is 1. The van der Waals surface area contributed by atoms with Crippen molar-refractivity contribution in [3.05, 3.63) is 56.2 Å². The first-order chi connectivity index (χ1) is 8.63. The third-order valence-corrected chi connectivity index (χ3v) is 5.94. The highest BCUT2D eigenvalue weighted by molar-refractivity contribution is 9.11. The molecule has 3 heteroatoms. The van der Waals surface area contributed by atoms with Crippen molar-refractivity contribution < 1.29 is 0 Å². The van der Waals surface area contributed by atoms with Crippen LogP contribution < -0.4 is 0 Å². The number of hydrogen-bond donors (Lipinski definition) is 0. The van der Waals surface area contributed by atoms with E-state index in [1.807, 2.05) is 11.3 Å². The second-order valence-corrected chi connectivity index (χ2v) is 8.01. The average Bonchev–Trinajstić information content (AvgIpc) is 2.70. The Morgan fingerprint density at radius 1 is 1.22 bits per heavy atom. The lowest BCUT2D eigenvalue weighted by Crippen LogP contribution is -2.05. The fourth-order valence-corrected chi connectivity index (χ4v) is 5.32. The van der Waals surface area contributed by atoms with Crippen LogP contribution in [-0.4, -0.2) is 0 Å². The van der Waals surface area contributed by atoms with Crippen molar-refractivity contribution in [3.63, 3.8) is 0 Å². The first kappa shape index (κ1) is 14.3. The van der Waals surface area contributed by atoms with Crippen molar-refractivity contribution in [2.45, 2.75) is 31.0 Å². The van der Waals surface area contributed by atoms with Crippen LogP contribution in [0.25, 0.3) is 0 Å². The number of rotatable bonds is 4. The van der Waals surface area contributed by atoms with Crippen LogP contribution in [0, 0.1) is 6.92 Å². The summed E-state index contributed by atoms with van der Waals surface area (Å²) in [4.78, 5) is 1.77. The van der Waals surface area contributed by atoms with Crippen LogP contribution in [0.3, 0.4) is 0 Å². The number of thiophene rings is 1. The van der Waals surface area contributed by atoms with Gasteiger partial charge in [0.05, 0.1) is 3.79 Å². The van der Waals surface area contributed by atoms with Gasteiger partial charge in [0.25, 0.3) is 0 Å². The molecule has 0 N–H and O–H groups in total. The molecule has 0 aliphatic heterocycles. The minimum Gasteiger partial charge on any atom is -0.133 e. The fourth-order valence-electron chi connectivity index (χ4n) is 2.26. The largest absolute Gasteiger partial charge is 0.133 e. The number of aryl methyl sites for hydroxylation is 1. The zero-order valence-corrected chi connectivity index (χ0v) is 14.5. The summed E-state index contributed by atoms with van der Waals surface area (Å²) in [5.41, 5.74) is 2.81. The molecule has 2 atom stereocenters. The van der Waals surface area contributed by atoms with Crippen LogP contribution >= 0.6 is 43.2 Å². The lowest BCUT2D eigenvalue weighted by atomic mass is 9.90. The molecule has 0 amide bonds. The monoisotopic (exact) mass is 386 g/mol. The van der Waals surface area contributed by atoms with E-state index >= 15 is 0 Å². The quantitative estimate of drug-likeness (QED) is 0.528. The maximum atomic E-state index is 3.90.